The van der Waals surface area contributed by atoms with E-state index in [2.05, 4.69) is 10.1 Å². The van der Waals surface area contributed by atoms with E-state index in [0.717, 1.165) is 0 Å². The Morgan fingerprint density at radius 2 is 2.00 bits per heavy atom. The van der Waals surface area contributed by atoms with E-state index in [1.54, 1.807) is 14.1 Å². The van der Waals surface area contributed by atoms with Gasteiger partial charge in [0.05, 0.1) is 0 Å². The molecule has 0 aliphatic heterocycles. The van der Waals surface area contributed by atoms with Crippen LogP contribution >= 0.6 is 0 Å². The first kappa shape index (κ1) is 12.6. The molecule has 1 aromatic rings. The van der Waals surface area contributed by atoms with E-state index in [9.17, 15) is 4.79 Å². The van der Waals surface area contributed by atoms with E-state index >= 15 is 0 Å². The highest BCUT2D eigenvalue weighted by atomic mass is 16.5. The summed E-state index contributed by atoms with van der Waals surface area (Å²) < 4.78 is 4.73. The lowest BCUT2D eigenvalue weighted by Gasteiger charge is -2.04. The highest BCUT2D eigenvalue weighted by molar-refractivity contribution is 5.89. The Balaban J connectivity index is 0.000000791. The molecule has 1 rings (SSSR count). The monoisotopic (exact) mass is 199 g/mol. The molecule has 5 nitrogen and oxygen atoms in total. The maximum absolute atomic E-state index is 11.2. The van der Waals surface area contributed by atoms with E-state index in [0.29, 0.717) is 12.2 Å². The van der Waals surface area contributed by atoms with Crippen LogP contribution in [0, 0.1) is 0 Å². The van der Waals surface area contributed by atoms with Gasteiger partial charge in [-0.05, 0) is 0 Å². The van der Waals surface area contributed by atoms with E-state index in [1.807, 2.05) is 20.8 Å². The van der Waals surface area contributed by atoms with Gasteiger partial charge < -0.3 is 9.42 Å². The molecule has 0 saturated heterocycles. The van der Waals surface area contributed by atoms with Crippen LogP contribution in [0.2, 0.25) is 0 Å². The fourth-order valence-electron chi connectivity index (χ4n) is 0.676. The standard InChI is InChI=1S/C7H11N3O2.C2H6/c1-4-5-8-6(12-9-5)7(11)10(2)3;1-2/h4H2,1-3H3;1-2H3. The van der Waals surface area contributed by atoms with Crippen LogP contribution in [0.4, 0.5) is 0 Å². The minimum atomic E-state index is -0.262. The largest absolute Gasteiger partial charge is 0.341 e. The second-order valence-electron chi connectivity index (χ2n) is 2.57. The average molecular weight is 199 g/mol. The SMILES string of the molecule is CC.CCc1noc(C(=O)N(C)C)n1. The molecule has 14 heavy (non-hydrogen) atoms. The zero-order chi connectivity index (χ0) is 11.1. The van der Waals surface area contributed by atoms with E-state index in [1.165, 1.54) is 4.90 Å². The molecule has 0 aliphatic rings. The van der Waals surface area contributed by atoms with Crippen LogP contribution in [-0.4, -0.2) is 35.0 Å². The van der Waals surface area contributed by atoms with Gasteiger partial charge in [-0.15, -0.1) is 0 Å². The van der Waals surface area contributed by atoms with Gasteiger partial charge >= 0.3 is 11.8 Å². The molecular weight excluding hydrogens is 182 g/mol. The summed E-state index contributed by atoms with van der Waals surface area (Å²) in [6, 6.07) is 0. The first-order valence-electron chi connectivity index (χ1n) is 4.69. The first-order valence-corrected chi connectivity index (χ1v) is 4.69. The summed E-state index contributed by atoms with van der Waals surface area (Å²) in [4.78, 5) is 16.5. The average Bonchev–Trinajstić information content (AvgIpc) is 2.67. The second-order valence-corrected chi connectivity index (χ2v) is 2.57. The van der Waals surface area contributed by atoms with Crippen molar-refractivity contribution in [2.45, 2.75) is 27.2 Å². The molecule has 0 radical (unpaired) electrons. The number of amides is 1. The molecule has 0 bridgehead atoms. The molecule has 0 saturated carbocycles. The number of carbonyl (C=O) groups excluding carboxylic acids is 1. The van der Waals surface area contributed by atoms with Crippen LogP contribution in [-0.2, 0) is 6.42 Å². The maximum Gasteiger partial charge on any atom is 0.316 e. The normalized spacial score (nSPS) is 8.93. The molecule has 0 aliphatic carbocycles. The van der Waals surface area contributed by atoms with Crippen LogP contribution in [0.15, 0.2) is 4.52 Å². The molecule has 80 valence electrons. The smallest absolute Gasteiger partial charge is 0.316 e. The first-order chi connectivity index (χ1) is 6.65. The van der Waals surface area contributed by atoms with Gasteiger partial charge in [-0.25, -0.2) is 0 Å². The summed E-state index contributed by atoms with van der Waals surface area (Å²) in [7, 11) is 3.27. The Hall–Kier alpha value is -1.39. The molecule has 0 N–H and O–H groups in total. The van der Waals surface area contributed by atoms with Gasteiger partial charge in [0.15, 0.2) is 5.82 Å². The lowest BCUT2D eigenvalue weighted by molar-refractivity contribution is 0.0779. The summed E-state index contributed by atoms with van der Waals surface area (Å²) in [5.41, 5.74) is 0. The summed E-state index contributed by atoms with van der Waals surface area (Å²) in [5.74, 6) is 0.347. The van der Waals surface area contributed by atoms with E-state index in [-0.39, 0.29) is 11.8 Å². The van der Waals surface area contributed by atoms with Crippen molar-refractivity contribution in [3.05, 3.63) is 11.7 Å². The highest BCUT2D eigenvalue weighted by Crippen LogP contribution is 1.99. The third-order valence-corrected chi connectivity index (χ3v) is 1.37. The molecule has 0 atom stereocenters. The fraction of sp³-hybridized carbons (Fsp3) is 0.667. The molecule has 1 heterocycles. The van der Waals surface area contributed by atoms with Gasteiger partial charge in [0.1, 0.15) is 0 Å². The van der Waals surface area contributed by atoms with Crippen molar-refractivity contribution in [3.63, 3.8) is 0 Å². The highest BCUT2D eigenvalue weighted by Gasteiger charge is 2.15. The molecule has 0 spiro atoms. The molecule has 1 amide bonds. The Bertz CT molecular complexity index is 281. The predicted molar refractivity (Wildman–Crippen MR) is 53.0 cm³/mol. The van der Waals surface area contributed by atoms with Crippen LogP contribution in [0.1, 0.15) is 37.3 Å². The Kier molecular flexibility index (Phi) is 5.52. The van der Waals surface area contributed by atoms with Gasteiger partial charge in [0.2, 0.25) is 0 Å². The minimum Gasteiger partial charge on any atom is -0.341 e. The number of hydrogen-bond donors (Lipinski definition) is 0. The van der Waals surface area contributed by atoms with Crippen LogP contribution in [0.5, 0.6) is 0 Å². The third kappa shape index (κ3) is 3.16. The zero-order valence-electron chi connectivity index (χ0n) is 9.37. The van der Waals surface area contributed by atoms with Crippen molar-refractivity contribution < 1.29 is 9.32 Å². The van der Waals surface area contributed by atoms with E-state index < -0.39 is 0 Å². The molecule has 0 fully saturated rings. The summed E-state index contributed by atoms with van der Waals surface area (Å²) in [6.45, 7) is 5.90. The van der Waals surface area contributed by atoms with Crippen LogP contribution in [0.3, 0.4) is 0 Å². The van der Waals surface area contributed by atoms with Gasteiger partial charge in [-0.3, -0.25) is 4.79 Å². The third-order valence-electron chi connectivity index (χ3n) is 1.37. The van der Waals surface area contributed by atoms with Crippen LogP contribution in [0.25, 0.3) is 0 Å². The number of rotatable bonds is 2. The number of aryl methyl sites for hydroxylation is 1. The van der Waals surface area contributed by atoms with Crippen molar-refractivity contribution in [2.24, 2.45) is 0 Å². The molecular formula is C9H17N3O2. The molecule has 1 aromatic heterocycles. The zero-order valence-corrected chi connectivity index (χ0v) is 9.37. The number of nitrogens with zero attached hydrogens (tertiary/aromatic N) is 3. The van der Waals surface area contributed by atoms with Gasteiger partial charge in [0.25, 0.3) is 0 Å². The fourth-order valence-corrected chi connectivity index (χ4v) is 0.676. The molecule has 5 heteroatoms. The minimum absolute atomic E-state index is 0.0526. The Morgan fingerprint density at radius 3 is 2.36 bits per heavy atom. The van der Waals surface area contributed by atoms with Gasteiger partial charge in [-0.2, -0.15) is 4.98 Å². The maximum atomic E-state index is 11.2. The van der Waals surface area contributed by atoms with Gasteiger partial charge in [-0.1, -0.05) is 25.9 Å². The summed E-state index contributed by atoms with van der Waals surface area (Å²) in [6.07, 6.45) is 0.671. The number of hydrogen-bond acceptors (Lipinski definition) is 4. The van der Waals surface area contributed by atoms with Crippen molar-refractivity contribution in [3.8, 4) is 0 Å². The number of aromatic nitrogens is 2. The lowest BCUT2D eigenvalue weighted by Crippen LogP contribution is -2.21. The second kappa shape index (κ2) is 6.12. The van der Waals surface area contributed by atoms with Crippen LogP contribution < -0.4 is 0 Å². The summed E-state index contributed by atoms with van der Waals surface area (Å²) >= 11 is 0. The summed E-state index contributed by atoms with van der Waals surface area (Å²) in [5, 5.41) is 3.60. The lowest BCUT2D eigenvalue weighted by atomic mass is 10.5. The quantitative estimate of drug-likeness (QED) is 0.721. The van der Waals surface area contributed by atoms with Crippen molar-refractivity contribution in [2.75, 3.05) is 14.1 Å². The number of carbonyl (C=O) groups is 1. The van der Waals surface area contributed by atoms with Crippen molar-refractivity contribution in [1.29, 1.82) is 0 Å². The van der Waals surface area contributed by atoms with Crippen molar-refractivity contribution >= 4 is 5.91 Å². The topological polar surface area (TPSA) is 59.2 Å². The molecule has 0 aromatic carbocycles. The van der Waals surface area contributed by atoms with E-state index in [4.69, 9.17) is 4.52 Å². The Morgan fingerprint density at radius 1 is 1.43 bits per heavy atom. The molecule has 0 unspecified atom stereocenters. The van der Waals surface area contributed by atoms with Crippen molar-refractivity contribution in [1.82, 2.24) is 15.0 Å². The predicted octanol–water partition coefficient (Wildman–Crippen LogP) is 1.36. The Labute approximate surface area is 84.1 Å². The van der Waals surface area contributed by atoms with Gasteiger partial charge in [0, 0.05) is 20.5 Å².